The molecule has 116 valence electrons. The summed E-state index contributed by atoms with van der Waals surface area (Å²) in [7, 11) is 0. The van der Waals surface area contributed by atoms with Gasteiger partial charge in [0.1, 0.15) is 11.6 Å². The molecule has 0 spiro atoms. The molecule has 1 saturated carbocycles. The smallest absolute Gasteiger partial charge is 0.274 e. The van der Waals surface area contributed by atoms with Crippen molar-refractivity contribution in [2.75, 3.05) is 0 Å². The standard InChI is InChI=1S/C16H16BrFN2O2/c1-9-15(19-8-22-9)16(21)20-14(4-10-2-3-10)11-5-12(17)7-13(18)6-11/h5-8,10,14H,2-4H2,1H3,(H,20,21). The third-order valence-corrected chi connectivity index (χ3v) is 4.28. The van der Waals surface area contributed by atoms with E-state index in [4.69, 9.17) is 4.42 Å². The average Bonchev–Trinajstić information content (AvgIpc) is 3.16. The number of rotatable bonds is 5. The van der Waals surface area contributed by atoms with Gasteiger partial charge in [-0.15, -0.1) is 0 Å². The second-order valence-electron chi connectivity index (χ2n) is 5.67. The molecule has 1 aliphatic rings. The molecule has 6 heteroatoms. The summed E-state index contributed by atoms with van der Waals surface area (Å²) < 4.78 is 19.4. The van der Waals surface area contributed by atoms with E-state index in [9.17, 15) is 9.18 Å². The highest BCUT2D eigenvalue weighted by molar-refractivity contribution is 9.10. The van der Waals surface area contributed by atoms with E-state index in [2.05, 4.69) is 26.2 Å². The predicted octanol–water partition coefficient (Wildman–Crippen LogP) is 4.16. The summed E-state index contributed by atoms with van der Waals surface area (Å²) in [5.41, 5.74) is 1.03. The molecule has 3 rings (SSSR count). The maximum absolute atomic E-state index is 13.6. The van der Waals surface area contributed by atoms with E-state index in [1.807, 2.05) is 6.07 Å². The largest absolute Gasteiger partial charge is 0.448 e. The molecule has 1 aromatic carbocycles. The van der Waals surface area contributed by atoms with Crippen molar-refractivity contribution in [3.63, 3.8) is 0 Å². The lowest BCUT2D eigenvalue weighted by Crippen LogP contribution is -2.29. The van der Waals surface area contributed by atoms with Gasteiger partial charge in [0, 0.05) is 4.47 Å². The van der Waals surface area contributed by atoms with Crippen LogP contribution in [-0.4, -0.2) is 10.9 Å². The molecular formula is C16H16BrFN2O2. The van der Waals surface area contributed by atoms with Crippen molar-refractivity contribution in [2.45, 2.75) is 32.2 Å². The molecule has 1 heterocycles. The topological polar surface area (TPSA) is 55.1 Å². The predicted molar refractivity (Wildman–Crippen MR) is 82.9 cm³/mol. The van der Waals surface area contributed by atoms with Crippen LogP contribution in [0.15, 0.2) is 33.5 Å². The Morgan fingerprint density at radius 3 is 2.86 bits per heavy atom. The number of carbonyl (C=O) groups is 1. The van der Waals surface area contributed by atoms with Crippen molar-refractivity contribution < 1.29 is 13.6 Å². The van der Waals surface area contributed by atoms with Crippen LogP contribution in [0, 0.1) is 18.7 Å². The molecule has 1 fully saturated rings. The Bertz CT molecular complexity index is 677. The molecule has 1 atom stereocenters. The highest BCUT2D eigenvalue weighted by atomic mass is 79.9. The summed E-state index contributed by atoms with van der Waals surface area (Å²) in [6.45, 7) is 1.69. The van der Waals surface area contributed by atoms with Crippen LogP contribution in [0.1, 0.15) is 47.1 Å². The molecular weight excluding hydrogens is 351 g/mol. The summed E-state index contributed by atoms with van der Waals surface area (Å²) in [6.07, 6.45) is 4.37. The van der Waals surface area contributed by atoms with E-state index >= 15 is 0 Å². The molecule has 1 aromatic heterocycles. The Hall–Kier alpha value is -1.69. The lowest BCUT2D eigenvalue weighted by Gasteiger charge is -2.19. The Labute approximate surface area is 136 Å². The number of carbonyl (C=O) groups excluding carboxylic acids is 1. The number of hydrogen-bond donors (Lipinski definition) is 1. The van der Waals surface area contributed by atoms with Crippen LogP contribution in [0.3, 0.4) is 0 Å². The minimum absolute atomic E-state index is 0.233. The van der Waals surface area contributed by atoms with E-state index in [0.29, 0.717) is 16.2 Å². The monoisotopic (exact) mass is 366 g/mol. The number of oxazole rings is 1. The van der Waals surface area contributed by atoms with Crippen LogP contribution >= 0.6 is 15.9 Å². The maximum Gasteiger partial charge on any atom is 0.274 e. The van der Waals surface area contributed by atoms with Gasteiger partial charge in [-0.05, 0) is 43.0 Å². The van der Waals surface area contributed by atoms with Gasteiger partial charge >= 0.3 is 0 Å². The molecule has 4 nitrogen and oxygen atoms in total. The van der Waals surface area contributed by atoms with E-state index in [1.165, 1.54) is 18.5 Å². The van der Waals surface area contributed by atoms with Crippen LogP contribution < -0.4 is 5.32 Å². The Morgan fingerprint density at radius 2 is 2.27 bits per heavy atom. The third-order valence-electron chi connectivity index (χ3n) is 3.82. The van der Waals surface area contributed by atoms with Gasteiger partial charge in [-0.2, -0.15) is 0 Å². The van der Waals surface area contributed by atoms with Crippen LogP contribution in [0.4, 0.5) is 4.39 Å². The van der Waals surface area contributed by atoms with Crippen LogP contribution in [-0.2, 0) is 0 Å². The van der Waals surface area contributed by atoms with Gasteiger partial charge in [0.2, 0.25) is 0 Å². The summed E-state index contributed by atoms with van der Waals surface area (Å²) in [5.74, 6) is 0.447. The molecule has 1 aliphatic carbocycles. The van der Waals surface area contributed by atoms with E-state index in [1.54, 1.807) is 6.92 Å². The number of aromatic nitrogens is 1. The fourth-order valence-electron chi connectivity index (χ4n) is 2.49. The number of benzene rings is 1. The second kappa shape index (κ2) is 6.20. The first-order chi connectivity index (χ1) is 10.5. The minimum Gasteiger partial charge on any atom is -0.448 e. The van der Waals surface area contributed by atoms with Crippen molar-refractivity contribution >= 4 is 21.8 Å². The van der Waals surface area contributed by atoms with Crippen molar-refractivity contribution in [3.05, 3.63) is 51.9 Å². The number of nitrogens with one attached hydrogen (secondary N) is 1. The van der Waals surface area contributed by atoms with E-state index in [0.717, 1.165) is 24.8 Å². The lowest BCUT2D eigenvalue weighted by molar-refractivity contribution is 0.0927. The zero-order chi connectivity index (χ0) is 15.7. The van der Waals surface area contributed by atoms with Crippen LogP contribution in [0.2, 0.25) is 0 Å². The van der Waals surface area contributed by atoms with E-state index < -0.39 is 0 Å². The van der Waals surface area contributed by atoms with Gasteiger partial charge < -0.3 is 9.73 Å². The number of halogens is 2. The Morgan fingerprint density at radius 1 is 1.50 bits per heavy atom. The molecule has 0 bridgehead atoms. The Balaban J connectivity index is 1.83. The van der Waals surface area contributed by atoms with Crippen molar-refractivity contribution in [1.29, 1.82) is 0 Å². The highest BCUT2D eigenvalue weighted by Gasteiger charge is 2.28. The number of aryl methyl sites for hydroxylation is 1. The van der Waals surface area contributed by atoms with Crippen molar-refractivity contribution in [2.24, 2.45) is 5.92 Å². The SMILES string of the molecule is Cc1ocnc1C(=O)NC(CC1CC1)c1cc(F)cc(Br)c1. The summed E-state index contributed by atoms with van der Waals surface area (Å²) in [5, 5.41) is 2.95. The quantitative estimate of drug-likeness (QED) is 0.864. The molecule has 1 N–H and O–H groups in total. The molecule has 0 aliphatic heterocycles. The zero-order valence-electron chi connectivity index (χ0n) is 12.1. The zero-order valence-corrected chi connectivity index (χ0v) is 13.7. The molecule has 1 unspecified atom stereocenters. The van der Waals surface area contributed by atoms with Gasteiger partial charge in [0.15, 0.2) is 12.1 Å². The average molecular weight is 367 g/mol. The summed E-state index contributed by atoms with van der Waals surface area (Å²) in [4.78, 5) is 16.3. The van der Waals surface area contributed by atoms with Crippen LogP contribution in [0.25, 0.3) is 0 Å². The van der Waals surface area contributed by atoms with Crippen LogP contribution in [0.5, 0.6) is 0 Å². The fraction of sp³-hybridized carbons (Fsp3) is 0.375. The number of hydrogen-bond acceptors (Lipinski definition) is 3. The fourth-order valence-corrected chi connectivity index (χ4v) is 2.97. The molecule has 2 aromatic rings. The Kier molecular flexibility index (Phi) is 4.29. The van der Waals surface area contributed by atoms with Crippen molar-refractivity contribution in [3.8, 4) is 0 Å². The molecule has 22 heavy (non-hydrogen) atoms. The lowest BCUT2D eigenvalue weighted by atomic mass is 10.0. The normalized spacial score (nSPS) is 15.6. The van der Waals surface area contributed by atoms with Gasteiger partial charge in [0.25, 0.3) is 5.91 Å². The first-order valence-corrected chi connectivity index (χ1v) is 7.99. The van der Waals surface area contributed by atoms with Gasteiger partial charge in [-0.25, -0.2) is 9.37 Å². The maximum atomic E-state index is 13.6. The second-order valence-corrected chi connectivity index (χ2v) is 6.58. The van der Waals surface area contributed by atoms with Gasteiger partial charge in [-0.3, -0.25) is 4.79 Å². The van der Waals surface area contributed by atoms with Gasteiger partial charge in [-0.1, -0.05) is 28.8 Å². The van der Waals surface area contributed by atoms with Gasteiger partial charge in [0.05, 0.1) is 6.04 Å². The third kappa shape index (κ3) is 3.55. The first kappa shape index (κ1) is 15.2. The summed E-state index contributed by atoms with van der Waals surface area (Å²) >= 11 is 3.30. The van der Waals surface area contributed by atoms with E-state index in [-0.39, 0.29) is 23.5 Å². The minimum atomic E-state index is -0.322. The first-order valence-electron chi connectivity index (χ1n) is 7.20. The number of nitrogens with zero attached hydrogens (tertiary/aromatic N) is 1. The number of amides is 1. The molecule has 0 radical (unpaired) electrons. The summed E-state index contributed by atoms with van der Waals surface area (Å²) in [6, 6.07) is 4.48. The molecule has 0 saturated heterocycles. The van der Waals surface area contributed by atoms with Crippen molar-refractivity contribution in [1.82, 2.24) is 10.3 Å². The molecule has 1 amide bonds. The highest BCUT2D eigenvalue weighted by Crippen LogP contribution is 2.38.